The Labute approximate surface area is 113 Å². The number of nitrogens with one attached hydrogen (secondary N) is 1. The van der Waals surface area contributed by atoms with Crippen LogP contribution < -0.4 is 11.1 Å². The Hall–Kier alpha value is -1.43. The van der Waals surface area contributed by atoms with Gasteiger partial charge in [0.05, 0.1) is 6.42 Å². The van der Waals surface area contributed by atoms with Gasteiger partial charge in [-0.25, -0.2) is 0 Å². The number of rotatable bonds is 5. The highest BCUT2D eigenvalue weighted by Crippen LogP contribution is 2.37. The lowest BCUT2D eigenvalue weighted by Gasteiger charge is -2.34. The average molecular weight is 266 g/mol. The average Bonchev–Trinajstić information content (AvgIpc) is 2.86. The highest BCUT2D eigenvalue weighted by Gasteiger charge is 2.32. The highest BCUT2D eigenvalue weighted by molar-refractivity contribution is 5.77. The molecule has 106 valence electrons. The molecule has 0 atom stereocenters. The van der Waals surface area contributed by atoms with Gasteiger partial charge in [-0.2, -0.15) is 4.98 Å². The summed E-state index contributed by atoms with van der Waals surface area (Å²) in [6.45, 7) is 0.653. The van der Waals surface area contributed by atoms with Crippen molar-refractivity contribution in [1.29, 1.82) is 0 Å². The number of likely N-dealkylation sites (N-methyl/N-ethyl adjacent to an activating group) is 1. The molecular formula is C13H22N4O2. The molecule has 19 heavy (non-hydrogen) atoms. The molecule has 0 unspecified atom stereocenters. The number of nitrogens with two attached hydrogens (primary N) is 1. The van der Waals surface area contributed by atoms with E-state index in [0.717, 1.165) is 19.3 Å². The van der Waals surface area contributed by atoms with Gasteiger partial charge in [0.1, 0.15) is 0 Å². The van der Waals surface area contributed by atoms with Crippen LogP contribution in [0.25, 0.3) is 0 Å². The van der Waals surface area contributed by atoms with Gasteiger partial charge in [0.2, 0.25) is 11.8 Å². The summed E-state index contributed by atoms with van der Waals surface area (Å²) in [5.74, 6) is 0.933. The van der Waals surface area contributed by atoms with Gasteiger partial charge in [-0.3, -0.25) is 4.79 Å². The number of carbonyl (C=O) groups excluding carboxylic acids is 1. The largest absolute Gasteiger partial charge is 0.359 e. The molecule has 1 aliphatic carbocycles. The minimum atomic E-state index is -0.112. The molecule has 0 aromatic carbocycles. The van der Waals surface area contributed by atoms with Crippen molar-refractivity contribution in [3.05, 3.63) is 11.7 Å². The number of amides is 1. The molecule has 6 nitrogen and oxygen atoms in total. The van der Waals surface area contributed by atoms with Crippen LogP contribution in [0.15, 0.2) is 4.52 Å². The van der Waals surface area contributed by atoms with Crippen LogP contribution in [0.4, 0.5) is 0 Å². The van der Waals surface area contributed by atoms with Crippen LogP contribution in [0.2, 0.25) is 0 Å². The molecular weight excluding hydrogens is 244 g/mol. The molecule has 1 saturated carbocycles. The molecule has 1 aromatic rings. The van der Waals surface area contributed by atoms with E-state index < -0.39 is 0 Å². The molecule has 3 N–H and O–H groups in total. The number of carbonyl (C=O) groups is 1. The van der Waals surface area contributed by atoms with Crippen molar-refractivity contribution in [2.75, 3.05) is 13.6 Å². The highest BCUT2D eigenvalue weighted by atomic mass is 16.5. The summed E-state index contributed by atoms with van der Waals surface area (Å²) in [6.07, 6.45) is 6.85. The number of aromatic nitrogens is 2. The zero-order valence-corrected chi connectivity index (χ0v) is 11.4. The summed E-state index contributed by atoms with van der Waals surface area (Å²) in [5.41, 5.74) is 6.05. The van der Waals surface area contributed by atoms with Gasteiger partial charge in [0, 0.05) is 13.5 Å². The molecule has 0 radical (unpaired) electrons. The Morgan fingerprint density at radius 3 is 2.79 bits per heavy atom. The Kier molecular flexibility index (Phi) is 4.52. The maximum absolute atomic E-state index is 11.2. The first kappa shape index (κ1) is 14.0. The van der Waals surface area contributed by atoms with Gasteiger partial charge in [0.15, 0.2) is 5.82 Å². The molecule has 0 saturated heterocycles. The predicted molar refractivity (Wildman–Crippen MR) is 70.3 cm³/mol. The molecule has 0 bridgehead atoms. The van der Waals surface area contributed by atoms with Crippen molar-refractivity contribution in [3.63, 3.8) is 0 Å². The maximum atomic E-state index is 11.2. The summed E-state index contributed by atoms with van der Waals surface area (Å²) in [5, 5.41) is 6.39. The lowest BCUT2D eigenvalue weighted by atomic mass is 9.72. The monoisotopic (exact) mass is 266 g/mol. The van der Waals surface area contributed by atoms with Gasteiger partial charge in [-0.15, -0.1) is 0 Å². The first-order chi connectivity index (χ1) is 9.17. The second-order valence-corrected chi connectivity index (χ2v) is 5.40. The van der Waals surface area contributed by atoms with E-state index in [1.54, 1.807) is 7.05 Å². The van der Waals surface area contributed by atoms with Crippen molar-refractivity contribution in [2.45, 2.75) is 44.9 Å². The van der Waals surface area contributed by atoms with Gasteiger partial charge in [0.25, 0.3) is 0 Å². The van der Waals surface area contributed by atoms with Crippen LogP contribution in [-0.4, -0.2) is 29.6 Å². The first-order valence-corrected chi connectivity index (χ1v) is 6.89. The van der Waals surface area contributed by atoms with E-state index in [1.807, 2.05) is 0 Å². The molecule has 1 heterocycles. The van der Waals surface area contributed by atoms with Crippen LogP contribution in [0.3, 0.4) is 0 Å². The van der Waals surface area contributed by atoms with Crippen molar-refractivity contribution in [1.82, 2.24) is 15.5 Å². The van der Waals surface area contributed by atoms with E-state index in [0.29, 0.717) is 18.3 Å². The van der Waals surface area contributed by atoms with Crippen molar-refractivity contribution in [2.24, 2.45) is 11.1 Å². The Morgan fingerprint density at radius 1 is 1.42 bits per heavy atom. The lowest BCUT2D eigenvalue weighted by molar-refractivity contribution is -0.120. The zero-order valence-electron chi connectivity index (χ0n) is 11.4. The smallest absolute Gasteiger partial charge is 0.227 e. The minimum Gasteiger partial charge on any atom is -0.359 e. The third kappa shape index (κ3) is 3.53. The third-order valence-corrected chi connectivity index (χ3v) is 3.98. The fraction of sp³-hybridized carbons (Fsp3) is 0.769. The van der Waals surface area contributed by atoms with Crippen LogP contribution in [0.5, 0.6) is 0 Å². The molecule has 0 spiro atoms. The summed E-state index contributed by atoms with van der Waals surface area (Å²) in [6, 6.07) is 0. The fourth-order valence-electron chi connectivity index (χ4n) is 2.74. The molecule has 1 aromatic heterocycles. The molecule has 1 fully saturated rings. The van der Waals surface area contributed by atoms with E-state index >= 15 is 0 Å². The fourth-order valence-corrected chi connectivity index (χ4v) is 2.74. The second kappa shape index (κ2) is 6.14. The quantitative estimate of drug-likeness (QED) is 0.822. The standard InChI is InChI=1S/C13H22N4O2/c1-15-11(18)7-10-16-12(19-17-10)8-13(9-14)5-3-2-4-6-13/h2-9,14H2,1H3,(H,15,18). The van der Waals surface area contributed by atoms with E-state index in [1.165, 1.54) is 19.3 Å². The van der Waals surface area contributed by atoms with Crippen LogP contribution >= 0.6 is 0 Å². The first-order valence-electron chi connectivity index (χ1n) is 6.89. The topological polar surface area (TPSA) is 94.0 Å². The predicted octanol–water partition coefficient (Wildman–Crippen LogP) is 0.810. The maximum Gasteiger partial charge on any atom is 0.227 e. The van der Waals surface area contributed by atoms with Gasteiger partial charge < -0.3 is 15.6 Å². The van der Waals surface area contributed by atoms with E-state index in [-0.39, 0.29) is 17.7 Å². The molecule has 6 heteroatoms. The zero-order chi connectivity index (χ0) is 13.7. The van der Waals surface area contributed by atoms with E-state index in [2.05, 4.69) is 15.5 Å². The second-order valence-electron chi connectivity index (χ2n) is 5.40. The van der Waals surface area contributed by atoms with Crippen molar-refractivity contribution < 1.29 is 9.32 Å². The lowest BCUT2D eigenvalue weighted by Crippen LogP contribution is -2.35. The van der Waals surface area contributed by atoms with Gasteiger partial charge in [-0.05, 0) is 24.8 Å². The Bertz CT molecular complexity index is 424. The third-order valence-electron chi connectivity index (χ3n) is 3.98. The van der Waals surface area contributed by atoms with Gasteiger partial charge >= 0.3 is 0 Å². The summed E-state index contributed by atoms with van der Waals surface area (Å²) >= 11 is 0. The van der Waals surface area contributed by atoms with Crippen LogP contribution in [-0.2, 0) is 17.6 Å². The Morgan fingerprint density at radius 2 is 2.16 bits per heavy atom. The van der Waals surface area contributed by atoms with Crippen molar-refractivity contribution in [3.8, 4) is 0 Å². The van der Waals surface area contributed by atoms with E-state index in [9.17, 15) is 4.79 Å². The number of hydrogen-bond acceptors (Lipinski definition) is 5. The summed E-state index contributed by atoms with van der Waals surface area (Å²) < 4.78 is 5.24. The van der Waals surface area contributed by atoms with Gasteiger partial charge in [-0.1, -0.05) is 24.4 Å². The van der Waals surface area contributed by atoms with Crippen LogP contribution in [0, 0.1) is 5.41 Å². The molecule has 1 aliphatic rings. The molecule has 2 rings (SSSR count). The summed E-state index contributed by atoms with van der Waals surface area (Å²) in [4.78, 5) is 15.5. The Balaban J connectivity index is 2.00. The molecule has 0 aliphatic heterocycles. The molecule has 1 amide bonds. The minimum absolute atomic E-state index is 0.106. The SMILES string of the molecule is CNC(=O)Cc1noc(CC2(CN)CCCCC2)n1. The van der Waals surface area contributed by atoms with Crippen molar-refractivity contribution >= 4 is 5.91 Å². The van der Waals surface area contributed by atoms with Crippen LogP contribution in [0.1, 0.15) is 43.8 Å². The summed E-state index contributed by atoms with van der Waals surface area (Å²) in [7, 11) is 1.59. The number of hydrogen-bond donors (Lipinski definition) is 2. The normalized spacial score (nSPS) is 18.2. The van der Waals surface area contributed by atoms with E-state index in [4.69, 9.17) is 10.3 Å². The number of nitrogens with zero attached hydrogens (tertiary/aromatic N) is 2.